The van der Waals surface area contributed by atoms with Crippen molar-refractivity contribution in [1.82, 2.24) is 10.6 Å². The Kier molecular flexibility index (Phi) is 10.3. The van der Waals surface area contributed by atoms with Gasteiger partial charge in [-0.05, 0) is 31.7 Å². The van der Waals surface area contributed by atoms with E-state index in [0.29, 0.717) is 25.0 Å². The summed E-state index contributed by atoms with van der Waals surface area (Å²) >= 11 is 0. The lowest BCUT2D eigenvalue weighted by Crippen LogP contribution is -2.40. The molecule has 0 aliphatic carbocycles. The molecule has 0 unspecified atom stereocenters. The van der Waals surface area contributed by atoms with Gasteiger partial charge in [-0.1, -0.05) is 42.3 Å². The van der Waals surface area contributed by atoms with Crippen molar-refractivity contribution in [1.29, 1.82) is 0 Å². The van der Waals surface area contributed by atoms with Crippen LogP contribution in [0.5, 0.6) is 0 Å². The molecule has 0 radical (unpaired) electrons. The van der Waals surface area contributed by atoms with Crippen LogP contribution in [0.2, 0.25) is 0 Å². The maximum absolute atomic E-state index is 11.8. The third-order valence-corrected chi connectivity index (χ3v) is 3.75. The van der Waals surface area contributed by atoms with Crippen molar-refractivity contribution in [2.75, 3.05) is 6.54 Å². The number of nitrogens with one attached hydrogen (secondary N) is 2. The molecule has 2 amide bonds. The van der Waals surface area contributed by atoms with Crippen molar-refractivity contribution in [2.24, 2.45) is 0 Å². The molecule has 1 aromatic rings. The summed E-state index contributed by atoms with van der Waals surface area (Å²) in [6.45, 7) is 6.07. The van der Waals surface area contributed by atoms with Crippen molar-refractivity contribution in [3.05, 3.63) is 48.0 Å². The number of carboxylic acid groups (broad SMARTS) is 1. The minimum Gasteiger partial charge on any atom is -0.480 e. The van der Waals surface area contributed by atoms with Crippen LogP contribution in [-0.2, 0) is 20.9 Å². The molecule has 0 saturated carbocycles. The van der Waals surface area contributed by atoms with Crippen LogP contribution in [0.4, 0.5) is 4.79 Å². The summed E-state index contributed by atoms with van der Waals surface area (Å²) in [5, 5.41) is 14.2. The van der Waals surface area contributed by atoms with Crippen LogP contribution in [0.3, 0.4) is 0 Å². The lowest BCUT2D eigenvalue weighted by molar-refractivity contribution is -0.141. The molecule has 0 bridgehead atoms. The van der Waals surface area contributed by atoms with Gasteiger partial charge in [-0.2, -0.15) is 0 Å². The minimum atomic E-state index is -1.07. The SMILES string of the molecule is C=C(C)C[C@H](NC(=O)CCCCCNC(=O)OCc1ccccc1)C(=O)O. The fourth-order valence-corrected chi connectivity index (χ4v) is 2.37. The molecule has 1 atom stereocenters. The first kappa shape index (κ1) is 22.2. The van der Waals surface area contributed by atoms with Crippen LogP contribution >= 0.6 is 0 Å². The lowest BCUT2D eigenvalue weighted by Gasteiger charge is -2.14. The number of carbonyl (C=O) groups excluding carboxylic acids is 2. The van der Waals surface area contributed by atoms with Crippen molar-refractivity contribution in [3.63, 3.8) is 0 Å². The van der Waals surface area contributed by atoms with E-state index in [2.05, 4.69) is 17.2 Å². The Morgan fingerprint density at radius 1 is 1.15 bits per heavy atom. The summed E-state index contributed by atoms with van der Waals surface area (Å²) in [5.74, 6) is -1.36. The second-order valence-corrected chi connectivity index (χ2v) is 6.42. The van der Waals surface area contributed by atoms with Crippen molar-refractivity contribution >= 4 is 18.0 Å². The number of rotatable bonds is 12. The minimum absolute atomic E-state index is 0.218. The van der Waals surface area contributed by atoms with Gasteiger partial charge in [-0.3, -0.25) is 4.79 Å². The second-order valence-electron chi connectivity index (χ2n) is 6.42. The monoisotopic (exact) mass is 376 g/mol. The number of hydrogen-bond acceptors (Lipinski definition) is 4. The zero-order chi connectivity index (χ0) is 20.1. The van der Waals surface area contributed by atoms with Gasteiger partial charge in [0, 0.05) is 13.0 Å². The molecule has 0 fully saturated rings. The molecule has 1 rings (SSSR count). The highest BCUT2D eigenvalue weighted by Crippen LogP contribution is 2.05. The smallest absolute Gasteiger partial charge is 0.407 e. The first-order valence-corrected chi connectivity index (χ1v) is 8.99. The fraction of sp³-hybridized carbons (Fsp3) is 0.450. The number of ether oxygens (including phenoxy) is 1. The van der Waals surface area contributed by atoms with Crippen molar-refractivity contribution in [3.8, 4) is 0 Å². The highest BCUT2D eigenvalue weighted by molar-refractivity contribution is 5.83. The fourth-order valence-electron chi connectivity index (χ4n) is 2.37. The molecule has 0 spiro atoms. The maximum atomic E-state index is 11.8. The van der Waals surface area contributed by atoms with Crippen molar-refractivity contribution < 1.29 is 24.2 Å². The molecule has 1 aromatic carbocycles. The van der Waals surface area contributed by atoms with E-state index < -0.39 is 18.1 Å². The first-order valence-electron chi connectivity index (χ1n) is 8.99. The summed E-state index contributed by atoms with van der Waals surface area (Å²) in [6, 6.07) is 8.48. The summed E-state index contributed by atoms with van der Waals surface area (Å²) in [6.07, 6.45) is 2.06. The van der Waals surface area contributed by atoms with E-state index in [9.17, 15) is 14.4 Å². The molecular weight excluding hydrogens is 348 g/mol. The van der Waals surface area contributed by atoms with E-state index in [0.717, 1.165) is 12.0 Å². The summed E-state index contributed by atoms with van der Waals surface area (Å²) in [5.41, 5.74) is 1.62. The predicted octanol–water partition coefficient (Wildman–Crippen LogP) is 3.01. The van der Waals surface area contributed by atoms with Gasteiger partial charge in [0.1, 0.15) is 12.6 Å². The van der Waals surface area contributed by atoms with Gasteiger partial charge < -0.3 is 20.5 Å². The average Bonchev–Trinajstić information content (AvgIpc) is 2.62. The number of aliphatic carboxylic acids is 1. The Hall–Kier alpha value is -2.83. The van der Waals surface area contributed by atoms with Crippen LogP contribution in [0.1, 0.15) is 44.6 Å². The number of carboxylic acids is 1. The summed E-state index contributed by atoms with van der Waals surface area (Å²) in [7, 11) is 0. The van der Waals surface area contributed by atoms with E-state index in [1.54, 1.807) is 6.92 Å². The standard InChI is InChI=1S/C20H28N2O5/c1-15(2)13-17(19(24)25)22-18(23)11-7-4-8-12-21-20(26)27-14-16-9-5-3-6-10-16/h3,5-6,9-10,17H,1,4,7-8,11-14H2,2H3,(H,21,26)(H,22,23)(H,24,25)/t17-/m0/s1. The molecule has 0 aliphatic rings. The number of amides is 2. The Labute approximate surface area is 159 Å². The van der Waals surface area contributed by atoms with Gasteiger partial charge in [-0.15, -0.1) is 6.58 Å². The second kappa shape index (κ2) is 12.5. The average molecular weight is 376 g/mol. The van der Waals surface area contributed by atoms with Crippen LogP contribution in [0, 0.1) is 0 Å². The number of carbonyl (C=O) groups is 3. The first-order chi connectivity index (χ1) is 12.9. The quantitative estimate of drug-likeness (QED) is 0.384. The Morgan fingerprint density at radius 3 is 2.48 bits per heavy atom. The lowest BCUT2D eigenvalue weighted by atomic mass is 10.1. The van der Waals surface area contributed by atoms with Gasteiger partial charge in [0.2, 0.25) is 5.91 Å². The van der Waals surface area contributed by atoms with E-state index in [1.807, 2.05) is 30.3 Å². The molecule has 7 nitrogen and oxygen atoms in total. The number of alkyl carbamates (subject to hydrolysis) is 1. The van der Waals surface area contributed by atoms with Crippen LogP contribution in [-0.4, -0.2) is 35.7 Å². The third-order valence-electron chi connectivity index (χ3n) is 3.75. The Bertz CT molecular complexity index is 631. The van der Waals surface area contributed by atoms with Gasteiger partial charge in [0.05, 0.1) is 0 Å². The molecule has 0 aliphatic heterocycles. The third kappa shape index (κ3) is 10.7. The van der Waals surface area contributed by atoms with Gasteiger partial charge in [0.15, 0.2) is 0 Å². The molecule has 7 heteroatoms. The molecule has 0 aromatic heterocycles. The Morgan fingerprint density at radius 2 is 1.85 bits per heavy atom. The van der Waals surface area contributed by atoms with E-state index in [-0.39, 0.29) is 25.4 Å². The molecule has 3 N–H and O–H groups in total. The summed E-state index contributed by atoms with van der Waals surface area (Å²) < 4.78 is 5.09. The van der Waals surface area contributed by atoms with E-state index in [4.69, 9.17) is 9.84 Å². The zero-order valence-corrected chi connectivity index (χ0v) is 15.7. The van der Waals surface area contributed by atoms with Crippen LogP contribution < -0.4 is 10.6 Å². The van der Waals surface area contributed by atoms with E-state index in [1.165, 1.54) is 0 Å². The van der Waals surface area contributed by atoms with E-state index >= 15 is 0 Å². The molecule has 0 heterocycles. The molecular formula is C20H28N2O5. The molecule has 27 heavy (non-hydrogen) atoms. The molecule has 0 saturated heterocycles. The van der Waals surface area contributed by atoms with Crippen LogP contribution in [0.25, 0.3) is 0 Å². The number of benzene rings is 1. The number of hydrogen-bond donors (Lipinski definition) is 3. The van der Waals surface area contributed by atoms with Gasteiger partial charge in [0.25, 0.3) is 0 Å². The van der Waals surface area contributed by atoms with Gasteiger partial charge in [-0.25, -0.2) is 9.59 Å². The number of unbranched alkanes of at least 4 members (excludes halogenated alkanes) is 2. The predicted molar refractivity (Wildman–Crippen MR) is 102 cm³/mol. The maximum Gasteiger partial charge on any atom is 0.407 e. The summed E-state index contributed by atoms with van der Waals surface area (Å²) in [4.78, 5) is 34.5. The highest BCUT2D eigenvalue weighted by Gasteiger charge is 2.19. The molecule has 148 valence electrons. The normalized spacial score (nSPS) is 11.3. The zero-order valence-electron chi connectivity index (χ0n) is 15.7. The topological polar surface area (TPSA) is 105 Å². The highest BCUT2D eigenvalue weighted by atomic mass is 16.5. The Balaban J connectivity index is 2.08. The van der Waals surface area contributed by atoms with Crippen LogP contribution in [0.15, 0.2) is 42.5 Å². The van der Waals surface area contributed by atoms with Gasteiger partial charge >= 0.3 is 12.1 Å². The van der Waals surface area contributed by atoms with Crippen molar-refractivity contribution in [2.45, 2.75) is 51.7 Å². The largest absolute Gasteiger partial charge is 0.480 e.